The molecule has 4 rings (SSSR count). The van der Waals surface area contributed by atoms with E-state index in [1.54, 1.807) is 0 Å². The molecule has 130 valence electrons. The molecule has 26 heavy (non-hydrogen) atoms. The third-order valence-corrected chi connectivity index (χ3v) is 5.45. The first kappa shape index (κ1) is 16.5. The molecule has 1 amide bonds. The summed E-state index contributed by atoms with van der Waals surface area (Å²) in [5.74, 6) is 0.260. The molecule has 2 aromatic heterocycles. The van der Waals surface area contributed by atoms with Gasteiger partial charge in [0.1, 0.15) is 12.2 Å². The second kappa shape index (κ2) is 7.10. The van der Waals surface area contributed by atoms with Crippen molar-refractivity contribution < 1.29 is 9.53 Å². The highest BCUT2D eigenvalue weighted by molar-refractivity contribution is 7.20. The number of carbonyl (C=O) groups is 1. The van der Waals surface area contributed by atoms with E-state index in [2.05, 4.69) is 9.97 Å². The minimum Gasteiger partial charge on any atom is -0.470 e. The lowest BCUT2D eigenvalue weighted by Gasteiger charge is -2.32. The minimum atomic E-state index is -0.189. The van der Waals surface area contributed by atoms with E-state index in [9.17, 15) is 4.79 Å². The van der Waals surface area contributed by atoms with Gasteiger partial charge in [-0.1, -0.05) is 18.2 Å². The SMILES string of the molecule is N#Cc1nccnc1O[C@@H]1CCCN(C(=O)c2cc3ccccc3s2)C1. The van der Waals surface area contributed by atoms with Crippen molar-refractivity contribution in [2.45, 2.75) is 18.9 Å². The average molecular weight is 364 g/mol. The molecule has 0 spiro atoms. The van der Waals surface area contributed by atoms with Crippen molar-refractivity contribution >= 4 is 27.3 Å². The molecule has 1 fully saturated rings. The minimum absolute atomic E-state index is 0.0270. The normalized spacial score (nSPS) is 17.0. The van der Waals surface area contributed by atoms with Gasteiger partial charge in [-0.15, -0.1) is 11.3 Å². The number of hydrogen-bond donors (Lipinski definition) is 0. The van der Waals surface area contributed by atoms with Crippen molar-refractivity contribution in [1.29, 1.82) is 5.26 Å². The molecule has 0 aliphatic carbocycles. The lowest BCUT2D eigenvalue weighted by atomic mass is 10.1. The van der Waals surface area contributed by atoms with Gasteiger partial charge in [-0.2, -0.15) is 5.26 Å². The number of aromatic nitrogens is 2. The molecule has 1 atom stereocenters. The maximum atomic E-state index is 12.9. The van der Waals surface area contributed by atoms with E-state index in [0.717, 1.165) is 27.8 Å². The number of ether oxygens (including phenoxy) is 1. The Kier molecular flexibility index (Phi) is 4.50. The van der Waals surface area contributed by atoms with Crippen LogP contribution >= 0.6 is 11.3 Å². The van der Waals surface area contributed by atoms with Gasteiger partial charge in [-0.25, -0.2) is 9.97 Å². The number of carbonyl (C=O) groups excluding carboxylic acids is 1. The Labute approximate surface area is 154 Å². The first-order chi connectivity index (χ1) is 12.7. The third kappa shape index (κ3) is 3.24. The van der Waals surface area contributed by atoms with E-state index in [1.165, 1.54) is 23.7 Å². The molecule has 0 N–H and O–H groups in total. The van der Waals surface area contributed by atoms with Crippen molar-refractivity contribution in [3.63, 3.8) is 0 Å². The molecule has 0 saturated carbocycles. The molecule has 0 radical (unpaired) electrons. The summed E-state index contributed by atoms with van der Waals surface area (Å²) >= 11 is 1.51. The number of piperidine rings is 1. The number of benzene rings is 1. The van der Waals surface area contributed by atoms with Gasteiger partial charge in [-0.3, -0.25) is 4.79 Å². The lowest BCUT2D eigenvalue weighted by molar-refractivity contribution is 0.0530. The van der Waals surface area contributed by atoms with Gasteiger partial charge < -0.3 is 9.64 Å². The maximum absolute atomic E-state index is 12.9. The molecule has 0 unspecified atom stereocenters. The predicted octanol–water partition coefficient (Wildman–Crippen LogP) is 3.25. The van der Waals surface area contributed by atoms with Crippen molar-refractivity contribution in [3.8, 4) is 11.9 Å². The fraction of sp³-hybridized carbons (Fsp3) is 0.263. The standard InChI is InChI=1S/C19H16N4O2S/c20-11-15-18(22-8-7-21-15)25-14-5-3-9-23(12-14)19(24)17-10-13-4-1-2-6-16(13)26-17/h1-2,4,6-8,10,14H,3,5,9,12H2/t14-/m1/s1. The number of thiophene rings is 1. The van der Waals surface area contributed by atoms with Crippen molar-refractivity contribution in [2.24, 2.45) is 0 Å². The van der Waals surface area contributed by atoms with E-state index < -0.39 is 0 Å². The van der Waals surface area contributed by atoms with Gasteiger partial charge in [0.05, 0.1) is 11.4 Å². The molecule has 7 heteroatoms. The van der Waals surface area contributed by atoms with Crippen LogP contribution in [0.5, 0.6) is 5.88 Å². The Morgan fingerprint density at radius 3 is 3.00 bits per heavy atom. The summed E-state index contributed by atoms with van der Waals surface area (Å²) in [5, 5.41) is 10.2. The van der Waals surface area contributed by atoms with Crippen molar-refractivity contribution in [2.75, 3.05) is 13.1 Å². The summed E-state index contributed by atoms with van der Waals surface area (Å²) in [4.78, 5) is 23.5. The summed E-state index contributed by atoms with van der Waals surface area (Å²) in [6, 6.07) is 11.9. The van der Waals surface area contributed by atoms with E-state index in [-0.39, 0.29) is 23.6 Å². The first-order valence-corrected chi connectivity index (χ1v) is 9.22. The van der Waals surface area contributed by atoms with Crippen LogP contribution in [0, 0.1) is 11.3 Å². The van der Waals surface area contributed by atoms with Gasteiger partial charge in [-0.05, 0) is 30.4 Å². The van der Waals surface area contributed by atoms with Gasteiger partial charge >= 0.3 is 0 Å². The molecule has 1 saturated heterocycles. The molecule has 6 nitrogen and oxygen atoms in total. The summed E-state index contributed by atoms with van der Waals surface area (Å²) in [6.07, 6.45) is 4.44. The number of likely N-dealkylation sites (tertiary alicyclic amines) is 1. The Bertz CT molecular complexity index is 961. The van der Waals surface area contributed by atoms with Crippen LogP contribution in [0.25, 0.3) is 10.1 Å². The Hall–Kier alpha value is -2.98. The Balaban J connectivity index is 1.49. The van der Waals surface area contributed by atoms with Crippen LogP contribution < -0.4 is 4.74 Å². The molecular weight excluding hydrogens is 348 g/mol. The lowest BCUT2D eigenvalue weighted by Crippen LogP contribution is -2.44. The van der Waals surface area contributed by atoms with E-state index in [0.29, 0.717) is 13.1 Å². The van der Waals surface area contributed by atoms with Gasteiger partial charge in [0.15, 0.2) is 0 Å². The first-order valence-electron chi connectivity index (χ1n) is 8.40. The number of fused-ring (bicyclic) bond motifs is 1. The zero-order chi connectivity index (χ0) is 17.9. The molecule has 3 heterocycles. The van der Waals surface area contributed by atoms with Crippen molar-refractivity contribution in [1.82, 2.24) is 14.9 Å². The van der Waals surface area contributed by atoms with Crippen LogP contribution in [-0.2, 0) is 0 Å². The number of nitrogens with zero attached hydrogens (tertiary/aromatic N) is 4. The summed E-state index contributed by atoms with van der Waals surface area (Å²) in [5.41, 5.74) is 0.167. The van der Waals surface area contributed by atoms with E-state index in [1.807, 2.05) is 41.3 Å². The largest absolute Gasteiger partial charge is 0.470 e. The van der Waals surface area contributed by atoms with E-state index in [4.69, 9.17) is 10.00 Å². The zero-order valence-electron chi connectivity index (χ0n) is 14.0. The second-order valence-electron chi connectivity index (χ2n) is 6.10. The van der Waals surface area contributed by atoms with Gasteiger partial charge in [0.25, 0.3) is 11.8 Å². The van der Waals surface area contributed by atoms with E-state index >= 15 is 0 Å². The summed E-state index contributed by atoms with van der Waals surface area (Å²) in [6.45, 7) is 1.19. The zero-order valence-corrected chi connectivity index (χ0v) is 14.8. The van der Waals surface area contributed by atoms with Crippen LogP contribution in [-0.4, -0.2) is 40.0 Å². The highest BCUT2D eigenvalue weighted by atomic mass is 32.1. The number of nitriles is 1. The van der Waals surface area contributed by atoms with Gasteiger partial charge in [0, 0.05) is 23.6 Å². The van der Waals surface area contributed by atoms with Gasteiger partial charge in [0.2, 0.25) is 5.69 Å². The molecule has 1 aliphatic heterocycles. The maximum Gasteiger partial charge on any atom is 0.264 e. The average Bonchev–Trinajstić information content (AvgIpc) is 3.12. The van der Waals surface area contributed by atoms with Crippen LogP contribution in [0.3, 0.4) is 0 Å². The molecule has 0 bridgehead atoms. The smallest absolute Gasteiger partial charge is 0.264 e. The number of hydrogen-bond acceptors (Lipinski definition) is 6. The fourth-order valence-corrected chi connectivity index (χ4v) is 4.14. The summed E-state index contributed by atoms with van der Waals surface area (Å²) in [7, 11) is 0. The van der Waals surface area contributed by atoms with Crippen LogP contribution in [0.2, 0.25) is 0 Å². The highest BCUT2D eigenvalue weighted by Gasteiger charge is 2.27. The van der Waals surface area contributed by atoms with Crippen LogP contribution in [0.4, 0.5) is 0 Å². The van der Waals surface area contributed by atoms with Crippen LogP contribution in [0.15, 0.2) is 42.7 Å². The second-order valence-corrected chi connectivity index (χ2v) is 7.19. The fourth-order valence-electron chi connectivity index (χ4n) is 3.11. The predicted molar refractivity (Wildman–Crippen MR) is 98.1 cm³/mol. The Morgan fingerprint density at radius 2 is 2.15 bits per heavy atom. The third-order valence-electron chi connectivity index (χ3n) is 4.35. The summed E-state index contributed by atoms with van der Waals surface area (Å²) < 4.78 is 6.98. The van der Waals surface area contributed by atoms with Crippen molar-refractivity contribution in [3.05, 3.63) is 53.3 Å². The highest BCUT2D eigenvalue weighted by Crippen LogP contribution is 2.27. The molecule has 1 aliphatic rings. The Morgan fingerprint density at radius 1 is 1.31 bits per heavy atom. The van der Waals surface area contributed by atoms with Crippen LogP contribution in [0.1, 0.15) is 28.2 Å². The topological polar surface area (TPSA) is 79.1 Å². The molecule has 3 aromatic rings. The molecular formula is C19H16N4O2S. The monoisotopic (exact) mass is 364 g/mol. The molecule has 1 aromatic carbocycles. The quantitative estimate of drug-likeness (QED) is 0.713. The number of amides is 1. The number of rotatable bonds is 3.